The number of rotatable bonds is 5. The molecule has 1 unspecified atom stereocenters. The summed E-state index contributed by atoms with van der Waals surface area (Å²) < 4.78 is 14.0. The van der Waals surface area contributed by atoms with E-state index in [2.05, 4.69) is 5.32 Å². The molecule has 1 amide bonds. The van der Waals surface area contributed by atoms with Crippen LogP contribution in [0.3, 0.4) is 0 Å². The Morgan fingerprint density at radius 2 is 1.79 bits per heavy atom. The Morgan fingerprint density at radius 1 is 1.12 bits per heavy atom. The molecule has 0 heterocycles. The number of aliphatic carboxylic acids is 1. The van der Waals surface area contributed by atoms with Crippen LogP contribution >= 0.6 is 0 Å². The lowest BCUT2D eigenvalue weighted by atomic mass is 9.83. The minimum atomic E-state index is -1.07. The van der Waals surface area contributed by atoms with Gasteiger partial charge in [0.25, 0.3) is 0 Å². The van der Waals surface area contributed by atoms with Crippen LogP contribution in [0.25, 0.3) is 0 Å². The smallest absolute Gasteiger partial charge is 0.310 e. The van der Waals surface area contributed by atoms with Crippen molar-refractivity contribution in [1.29, 1.82) is 0 Å². The average Bonchev–Trinajstić information content (AvgIpc) is 2.54. The topological polar surface area (TPSA) is 66.4 Å². The SMILES string of the molecule is CC(C(=O)O)c1cccc(NC(=O)C(C)(C)c2ccccc2F)c1. The van der Waals surface area contributed by atoms with Crippen molar-refractivity contribution < 1.29 is 19.1 Å². The molecular formula is C19H20FNO3. The Kier molecular flexibility index (Phi) is 5.02. The second kappa shape index (κ2) is 6.83. The van der Waals surface area contributed by atoms with Crippen LogP contribution in [0.4, 0.5) is 10.1 Å². The van der Waals surface area contributed by atoms with Crippen molar-refractivity contribution in [3.05, 3.63) is 65.5 Å². The molecule has 0 fully saturated rings. The number of benzene rings is 2. The summed E-state index contributed by atoms with van der Waals surface area (Å²) in [6, 6.07) is 12.8. The fourth-order valence-corrected chi connectivity index (χ4v) is 2.41. The molecule has 0 saturated carbocycles. The summed E-state index contributed by atoms with van der Waals surface area (Å²) in [5, 5.41) is 11.8. The highest BCUT2D eigenvalue weighted by molar-refractivity contribution is 5.98. The molecule has 0 aliphatic heterocycles. The summed E-state index contributed by atoms with van der Waals surface area (Å²) >= 11 is 0. The molecule has 0 bridgehead atoms. The van der Waals surface area contributed by atoms with Gasteiger partial charge in [-0.15, -0.1) is 0 Å². The molecule has 2 N–H and O–H groups in total. The molecule has 2 aromatic rings. The van der Waals surface area contributed by atoms with Crippen LogP contribution in [-0.2, 0) is 15.0 Å². The van der Waals surface area contributed by atoms with Gasteiger partial charge in [-0.2, -0.15) is 0 Å². The van der Waals surface area contributed by atoms with Crippen LogP contribution < -0.4 is 5.32 Å². The number of carbonyl (C=O) groups is 2. The molecule has 2 rings (SSSR count). The first kappa shape index (κ1) is 17.7. The number of carboxylic acid groups (broad SMARTS) is 1. The third-order valence-electron chi connectivity index (χ3n) is 4.13. The van der Waals surface area contributed by atoms with Gasteiger partial charge in [0.2, 0.25) is 5.91 Å². The molecule has 0 saturated heterocycles. The molecule has 0 aliphatic carbocycles. The van der Waals surface area contributed by atoms with E-state index in [0.29, 0.717) is 16.8 Å². The van der Waals surface area contributed by atoms with Crippen molar-refractivity contribution in [1.82, 2.24) is 0 Å². The number of nitrogens with one attached hydrogen (secondary N) is 1. The zero-order valence-electron chi connectivity index (χ0n) is 13.8. The van der Waals surface area contributed by atoms with E-state index in [9.17, 15) is 14.0 Å². The minimum absolute atomic E-state index is 0.303. The van der Waals surface area contributed by atoms with Gasteiger partial charge in [-0.05, 0) is 44.5 Å². The van der Waals surface area contributed by atoms with E-state index in [4.69, 9.17) is 5.11 Å². The second-order valence-corrected chi connectivity index (χ2v) is 6.24. The number of carboxylic acids is 1. The molecule has 2 aromatic carbocycles. The van der Waals surface area contributed by atoms with E-state index in [1.54, 1.807) is 63.2 Å². The lowest BCUT2D eigenvalue weighted by Gasteiger charge is -2.25. The summed E-state index contributed by atoms with van der Waals surface area (Å²) in [6.07, 6.45) is 0. The average molecular weight is 329 g/mol. The normalized spacial score (nSPS) is 12.5. The van der Waals surface area contributed by atoms with Crippen LogP contribution in [-0.4, -0.2) is 17.0 Å². The predicted molar refractivity (Wildman–Crippen MR) is 90.5 cm³/mol. The Bertz CT molecular complexity index is 771. The molecule has 0 aliphatic rings. The number of hydrogen-bond acceptors (Lipinski definition) is 2. The van der Waals surface area contributed by atoms with Crippen LogP contribution in [0, 0.1) is 5.82 Å². The van der Waals surface area contributed by atoms with Gasteiger partial charge in [0.15, 0.2) is 0 Å². The van der Waals surface area contributed by atoms with Crippen molar-refractivity contribution in [2.75, 3.05) is 5.32 Å². The predicted octanol–water partition coefficient (Wildman–Crippen LogP) is 3.93. The first-order valence-corrected chi connectivity index (χ1v) is 7.62. The number of anilines is 1. The van der Waals surface area contributed by atoms with E-state index in [0.717, 1.165) is 0 Å². The fraction of sp³-hybridized carbons (Fsp3) is 0.263. The van der Waals surface area contributed by atoms with Crippen LogP contribution in [0.5, 0.6) is 0 Å². The summed E-state index contributed by atoms with van der Waals surface area (Å²) in [6.45, 7) is 4.86. The molecule has 0 aromatic heterocycles. The molecule has 1 atom stereocenters. The van der Waals surface area contributed by atoms with E-state index < -0.39 is 23.1 Å². The van der Waals surface area contributed by atoms with E-state index in [-0.39, 0.29) is 5.91 Å². The zero-order chi connectivity index (χ0) is 17.9. The van der Waals surface area contributed by atoms with Gasteiger partial charge in [-0.1, -0.05) is 30.3 Å². The number of halogens is 1. The Balaban J connectivity index is 2.25. The van der Waals surface area contributed by atoms with E-state index >= 15 is 0 Å². The van der Waals surface area contributed by atoms with Crippen LogP contribution in [0.15, 0.2) is 48.5 Å². The van der Waals surface area contributed by atoms with Crippen molar-refractivity contribution in [3.8, 4) is 0 Å². The van der Waals surface area contributed by atoms with Crippen LogP contribution in [0.2, 0.25) is 0 Å². The quantitative estimate of drug-likeness (QED) is 0.873. The highest BCUT2D eigenvalue weighted by Crippen LogP contribution is 2.28. The first-order chi connectivity index (χ1) is 11.2. The number of hydrogen-bond donors (Lipinski definition) is 2. The van der Waals surface area contributed by atoms with E-state index in [1.165, 1.54) is 6.07 Å². The third-order valence-corrected chi connectivity index (χ3v) is 4.13. The maximum atomic E-state index is 14.0. The summed E-state index contributed by atoms with van der Waals surface area (Å²) in [4.78, 5) is 23.7. The number of carbonyl (C=O) groups excluding carboxylic acids is 1. The van der Waals surface area contributed by atoms with Crippen LogP contribution in [0.1, 0.15) is 37.8 Å². The fourth-order valence-electron chi connectivity index (χ4n) is 2.41. The monoisotopic (exact) mass is 329 g/mol. The third kappa shape index (κ3) is 3.62. The Hall–Kier alpha value is -2.69. The minimum Gasteiger partial charge on any atom is -0.481 e. The molecule has 0 radical (unpaired) electrons. The van der Waals surface area contributed by atoms with Gasteiger partial charge >= 0.3 is 5.97 Å². The molecular weight excluding hydrogens is 309 g/mol. The molecule has 24 heavy (non-hydrogen) atoms. The molecule has 126 valence electrons. The largest absolute Gasteiger partial charge is 0.481 e. The zero-order valence-corrected chi connectivity index (χ0v) is 13.8. The molecule has 5 heteroatoms. The van der Waals surface area contributed by atoms with Crippen molar-refractivity contribution >= 4 is 17.6 Å². The van der Waals surface area contributed by atoms with Gasteiger partial charge < -0.3 is 10.4 Å². The first-order valence-electron chi connectivity index (χ1n) is 7.62. The van der Waals surface area contributed by atoms with Crippen molar-refractivity contribution in [2.24, 2.45) is 0 Å². The highest BCUT2D eigenvalue weighted by Gasteiger charge is 2.32. The molecule has 0 spiro atoms. The summed E-state index contributed by atoms with van der Waals surface area (Å²) in [5.74, 6) is -2.43. The Morgan fingerprint density at radius 3 is 2.42 bits per heavy atom. The maximum absolute atomic E-state index is 14.0. The Labute approximate surface area is 140 Å². The van der Waals surface area contributed by atoms with Gasteiger partial charge in [0, 0.05) is 11.3 Å². The van der Waals surface area contributed by atoms with E-state index in [1.807, 2.05) is 0 Å². The van der Waals surface area contributed by atoms with Crippen molar-refractivity contribution in [2.45, 2.75) is 32.1 Å². The summed E-state index contributed by atoms with van der Waals surface area (Å²) in [7, 11) is 0. The van der Waals surface area contributed by atoms with Gasteiger partial charge in [0.05, 0.1) is 11.3 Å². The number of amides is 1. The van der Waals surface area contributed by atoms with Crippen molar-refractivity contribution in [3.63, 3.8) is 0 Å². The maximum Gasteiger partial charge on any atom is 0.310 e. The lowest BCUT2D eigenvalue weighted by molar-refractivity contribution is -0.138. The van der Waals surface area contributed by atoms with Gasteiger partial charge in [-0.25, -0.2) is 4.39 Å². The van der Waals surface area contributed by atoms with Gasteiger partial charge in [-0.3, -0.25) is 9.59 Å². The standard InChI is InChI=1S/C19H20FNO3/c1-12(17(22)23)13-7-6-8-14(11-13)21-18(24)19(2,3)15-9-4-5-10-16(15)20/h4-12H,1-3H3,(H,21,24)(H,22,23). The molecule has 4 nitrogen and oxygen atoms in total. The van der Waals surface area contributed by atoms with Gasteiger partial charge in [0.1, 0.15) is 5.82 Å². The lowest BCUT2D eigenvalue weighted by Crippen LogP contribution is -2.35. The highest BCUT2D eigenvalue weighted by atomic mass is 19.1. The summed E-state index contributed by atoms with van der Waals surface area (Å²) in [5.41, 5.74) is 0.302. The second-order valence-electron chi connectivity index (χ2n) is 6.24.